The second kappa shape index (κ2) is 5.30. The van der Waals surface area contributed by atoms with E-state index in [1.54, 1.807) is 0 Å². The number of ether oxygens (including phenoxy) is 1. The van der Waals surface area contributed by atoms with Gasteiger partial charge in [-0.2, -0.15) is 0 Å². The molecule has 0 N–H and O–H groups in total. The van der Waals surface area contributed by atoms with Gasteiger partial charge in [0.25, 0.3) is 5.91 Å². The topological polar surface area (TPSA) is 72.4 Å². The van der Waals surface area contributed by atoms with E-state index in [1.807, 2.05) is 0 Å². The van der Waals surface area contributed by atoms with Crippen molar-refractivity contribution in [2.24, 2.45) is 0 Å². The molecule has 0 aliphatic carbocycles. The molecule has 0 radical (unpaired) electrons. The number of aromatic nitrogens is 2. The van der Waals surface area contributed by atoms with Gasteiger partial charge < -0.3 is 9.64 Å². The lowest BCUT2D eigenvalue weighted by Crippen LogP contribution is -2.41. The van der Waals surface area contributed by atoms with Gasteiger partial charge >= 0.3 is 5.97 Å². The van der Waals surface area contributed by atoms with E-state index in [1.165, 1.54) is 24.4 Å². The molecule has 1 aromatic heterocycles. The molecule has 96 valence electrons. The van der Waals surface area contributed by atoms with Crippen LogP contribution in [0.15, 0.2) is 12.4 Å². The minimum absolute atomic E-state index is 0.176. The Labute approximate surface area is 109 Å². The summed E-state index contributed by atoms with van der Waals surface area (Å²) in [5.74, 6) is -0.727. The summed E-state index contributed by atoms with van der Waals surface area (Å²) in [5.41, 5.74) is 0.176. The van der Waals surface area contributed by atoms with Gasteiger partial charge in [-0.25, -0.2) is 14.8 Å². The Balaban J connectivity index is 2.17. The molecule has 1 fully saturated rings. The fourth-order valence-corrected chi connectivity index (χ4v) is 2.06. The van der Waals surface area contributed by atoms with Gasteiger partial charge in [0, 0.05) is 6.54 Å². The van der Waals surface area contributed by atoms with Gasteiger partial charge in [-0.3, -0.25) is 4.79 Å². The molecule has 0 saturated carbocycles. The maximum Gasteiger partial charge on any atom is 0.328 e. The molecule has 1 aromatic rings. The zero-order valence-corrected chi connectivity index (χ0v) is 10.6. The van der Waals surface area contributed by atoms with Crippen molar-refractivity contribution < 1.29 is 14.3 Å². The van der Waals surface area contributed by atoms with E-state index in [2.05, 4.69) is 14.7 Å². The predicted molar refractivity (Wildman–Crippen MR) is 63.1 cm³/mol. The summed E-state index contributed by atoms with van der Waals surface area (Å²) < 4.78 is 4.68. The fourth-order valence-electron chi connectivity index (χ4n) is 1.96. The molecule has 7 heteroatoms. The normalized spacial score (nSPS) is 18.8. The number of halogens is 1. The average molecular weight is 270 g/mol. The van der Waals surface area contributed by atoms with E-state index >= 15 is 0 Å². The van der Waals surface area contributed by atoms with Crippen LogP contribution >= 0.6 is 11.6 Å². The monoisotopic (exact) mass is 269 g/mol. The van der Waals surface area contributed by atoms with Crippen molar-refractivity contribution in [2.75, 3.05) is 13.7 Å². The van der Waals surface area contributed by atoms with Gasteiger partial charge in [0.1, 0.15) is 16.9 Å². The van der Waals surface area contributed by atoms with Crippen molar-refractivity contribution in [1.82, 2.24) is 14.9 Å². The van der Waals surface area contributed by atoms with Crippen LogP contribution in [0.5, 0.6) is 0 Å². The molecule has 1 aliphatic heterocycles. The summed E-state index contributed by atoms with van der Waals surface area (Å²) in [6.45, 7) is 0.517. The first-order valence-electron chi connectivity index (χ1n) is 5.50. The molecular weight excluding hydrogens is 258 g/mol. The number of nitrogens with zero attached hydrogens (tertiary/aromatic N) is 3. The van der Waals surface area contributed by atoms with Gasteiger partial charge in [-0.05, 0) is 12.8 Å². The van der Waals surface area contributed by atoms with Crippen LogP contribution in [0.25, 0.3) is 0 Å². The van der Waals surface area contributed by atoms with Crippen molar-refractivity contribution in [3.63, 3.8) is 0 Å². The Morgan fingerprint density at radius 1 is 1.44 bits per heavy atom. The summed E-state index contributed by atoms with van der Waals surface area (Å²) in [6, 6.07) is -0.528. The second-order valence-electron chi connectivity index (χ2n) is 3.90. The molecule has 2 heterocycles. The predicted octanol–water partition coefficient (Wildman–Crippen LogP) is 0.908. The Hall–Kier alpha value is -1.69. The Morgan fingerprint density at radius 2 is 2.22 bits per heavy atom. The van der Waals surface area contributed by atoms with E-state index in [0.29, 0.717) is 13.0 Å². The Kier molecular flexibility index (Phi) is 3.76. The third kappa shape index (κ3) is 2.43. The lowest BCUT2D eigenvalue weighted by molar-refractivity contribution is -0.145. The molecular formula is C11H12ClN3O3. The van der Waals surface area contributed by atoms with E-state index in [-0.39, 0.29) is 16.8 Å². The molecule has 1 saturated heterocycles. The minimum Gasteiger partial charge on any atom is -0.467 e. The van der Waals surface area contributed by atoms with Crippen LogP contribution in [0.2, 0.25) is 5.15 Å². The maximum atomic E-state index is 12.2. The van der Waals surface area contributed by atoms with E-state index in [9.17, 15) is 9.59 Å². The minimum atomic E-state index is -0.528. The zero-order valence-electron chi connectivity index (χ0n) is 9.80. The molecule has 1 aliphatic rings. The molecule has 1 unspecified atom stereocenters. The van der Waals surface area contributed by atoms with Crippen LogP contribution in [-0.2, 0) is 9.53 Å². The number of hydrogen-bond acceptors (Lipinski definition) is 5. The lowest BCUT2D eigenvalue weighted by Gasteiger charge is -2.21. The standard InChI is InChI=1S/C11H12ClN3O3/c1-18-11(17)8-3-2-4-15(8)10(16)7-5-14-9(12)6-13-7/h5-6,8H,2-4H2,1H3. The number of methoxy groups -OCH3 is 1. The largest absolute Gasteiger partial charge is 0.467 e. The summed E-state index contributed by atoms with van der Waals surface area (Å²) in [6.07, 6.45) is 3.99. The highest BCUT2D eigenvalue weighted by atomic mass is 35.5. The van der Waals surface area contributed by atoms with Crippen molar-refractivity contribution in [1.29, 1.82) is 0 Å². The SMILES string of the molecule is COC(=O)C1CCCN1C(=O)c1cnc(Cl)cn1. The highest BCUT2D eigenvalue weighted by Crippen LogP contribution is 2.20. The first kappa shape index (κ1) is 12.8. The van der Waals surface area contributed by atoms with Crippen molar-refractivity contribution in [3.8, 4) is 0 Å². The van der Waals surface area contributed by atoms with Crippen molar-refractivity contribution in [3.05, 3.63) is 23.2 Å². The van der Waals surface area contributed by atoms with Crippen LogP contribution in [0.1, 0.15) is 23.3 Å². The van der Waals surface area contributed by atoms with Gasteiger partial charge in [-0.15, -0.1) is 0 Å². The highest BCUT2D eigenvalue weighted by Gasteiger charge is 2.35. The summed E-state index contributed by atoms with van der Waals surface area (Å²) in [5, 5.41) is 0.220. The summed E-state index contributed by atoms with van der Waals surface area (Å²) in [4.78, 5) is 32.9. The lowest BCUT2D eigenvalue weighted by atomic mass is 10.2. The first-order chi connectivity index (χ1) is 8.63. The molecule has 0 bridgehead atoms. The van der Waals surface area contributed by atoms with Gasteiger partial charge in [0.05, 0.1) is 19.5 Å². The van der Waals surface area contributed by atoms with E-state index in [0.717, 1.165) is 6.42 Å². The van der Waals surface area contributed by atoms with Crippen LogP contribution in [-0.4, -0.2) is 46.4 Å². The van der Waals surface area contributed by atoms with Crippen LogP contribution in [0, 0.1) is 0 Å². The van der Waals surface area contributed by atoms with Crippen LogP contribution in [0.4, 0.5) is 0 Å². The first-order valence-corrected chi connectivity index (χ1v) is 5.87. The molecule has 1 amide bonds. The Bertz CT molecular complexity index is 463. The quantitative estimate of drug-likeness (QED) is 0.746. The van der Waals surface area contributed by atoms with E-state index in [4.69, 9.17) is 11.6 Å². The molecule has 18 heavy (non-hydrogen) atoms. The molecule has 0 spiro atoms. The van der Waals surface area contributed by atoms with E-state index < -0.39 is 12.0 Å². The van der Waals surface area contributed by atoms with Crippen molar-refractivity contribution >= 4 is 23.5 Å². The second-order valence-corrected chi connectivity index (χ2v) is 4.29. The number of carbonyl (C=O) groups is 2. The number of hydrogen-bond donors (Lipinski definition) is 0. The third-order valence-electron chi connectivity index (χ3n) is 2.83. The highest BCUT2D eigenvalue weighted by molar-refractivity contribution is 6.29. The number of amides is 1. The number of carbonyl (C=O) groups excluding carboxylic acids is 2. The number of esters is 1. The molecule has 0 aromatic carbocycles. The fraction of sp³-hybridized carbons (Fsp3) is 0.455. The number of rotatable bonds is 2. The average Bonchev–Trinajstić information content (AvgIpc) is 2.87. The molecule has 1 atom stereocenters. The molecule has 2 rings (SSSR count). The third-order valence-corrected chi connectivity index (χ3v) is 3.02. The zero-order chi connectivity index (χ0) is 13.1. The van der Waals surface area contributed by atoms with Gasteiger partial charge in [0.15, 0.2) is 0 Å². The summed E-state index contributed by atoms with van der Waals surface area (Å²) >= 11 is 5.60. The smallest absolute Gasteiger partial charge is 0.328 e. The number of likely N-dealkylation sites (tertiary alicyclic amines) is 1. The van der Waals surface area contributed by atoms with Gasteiger partial charge in [-0.1, -0.05) is 11.6 Å². The maximum absolute atomic E-state index is 12.2. The van der Waals surface area contributed by atoms with Crippen molar-refractivity contribution in [2.45, 2.75) is 18.9 Å². The van der Waals surface area contributed by atoms with Gasteiger partial charge in [0.2, 0.25) is 0 Å². The molecule has 6 nitrogen and oxygen atoms in total. The van der Waals surface area contributed by atoms with Crippen LogP contribution < -0.4 is 0 Å². The Morgan fingerprint density at radius 3 is 2.83 bits per heavy atom. The summed E-state index contributed by atoms with van der Waals surface area (Å²) in [7, 11) is 1.31. The van der Waals surface area contributed by atoms with Crippen LogP contribution in [0.3, 0.4) is 0 Å².